The Bertz CT molecular complexity index is 840. The van der Waals surface area contributed by atoms with Gasteiger partial charge in [0.2, 0.25) is 5.91 Å². The molecule has 2 aromatic rings. The fraction of sp³-hybridized carbons (Fsp3) is 0.294. The Labute approximate surface area is 180 Å². The molecule has 0 unspecified atom stereocenters. The Hall–Kier alpha value is -2.02. The summed E-state index contributed by atoms with van der Waals surface area (Å²) in [5.74, 6) is -0.469. The zero-order chi connectivity index (χ0) is 19.4. The third-order valence-electron chi connectivity index (χ3n) is 3.91. The number of nitrogens with two attached hydrogens (primary N) is 1. The van der Waals surface area contributed by atoms with Crippen molar-refractivity contribution in [2.75, 3.05) is 18.4 Å². The van der Waals surface area contributed by atoms with Crippen LogP contribution < -0.4 is 15.8 Å². The molecule has 0 spiro atoms. The molecule has 1 amide bonds. The average Bonchev–Trinajstić information content (AvgIpc) is 3.08. The summed E-state index contributed by atoms with van der Waals surface area (Å²) in [6.45, 7) is 1.12. The van der Waals surface area contributed by atoms with Gasteiger partial charge in [0.05, 0.1) is 0 Å². The zero-order valence-corrected chi connectivity index (χ0v) is 17.7. The predicted octanol–water partition coefficient (Wildman–Crippen LogP) is 3.58. The first kappa shape index (κ1) is 22.3. The summed E-state index contributed by atoms with van der Waals surface area (Å²) < 4.78 is 40.2. The molecule has 0 fully saturated rings. The van der Waals surface area contributed by atoms with Gasteiger partial charge in [0.25, 0.3) is 0 Å². The number of aliphatic imine (C=N–C) groups is 1. The normalized spacial score (nSPS) is 14.1. The molecule has 3 rings (SSSR count). The number of rotatable bonds is 4. The van der Waals surface area contributed by atoms with Crippen LogP contribution in [0.3, 0.4) is 0 Å². The Morgan fingerprint density at radius 1 is 1.29 bits per heavy atom. The minimum Gasteiger partial charge on any atom is -0.406 e. The Morgan fingerprint density at radius 3 is 2.68 bits per heavy atom. The highest BCUT2D eigenvalue weighted by Gasteiger charge is 2.31. The van der Waals surface area contributed by atoms with E-state index in [1.165, 1.54) is 17.0 Å². The van der Waals surface area contributed by atoms with E-state index in [0.29, 0.717) is 18.8 Å². The number of halogens is 4. The summed E-state index contributed by atoms with van der Waals surface area (Å²) in [5.41, 5.74) is 7.33. The van der Waals surface area contributed by atoms with Crippen molar-refractivity contribution in [2.24, 2.45) is 10.7 Å². The van der Waals surface area contributed by atoms with Crippen molar-refractivity contribution in [1.29, 1.82) is 0 Å². The highest BCUT2D eigenvalue weighted by atomic mass is 127. The predicted molar refractivity (Wildman–Crippen MR) is 112 cm³/mol. The summed E-state index contributed by atoms with van der Waals surface area (Å²) in [4.78, 5) is 19.3. The number of hydrogen-bond acceptors (Lipinski definition) is 4. The molecule has 1 aliphatic rings. The molecule has 0 bridgehead atoms. The van der Waals surface area contributed by atoms with Crippen LogP contribution in [-0.2, 0) is 17.8 Å². The number of hydrogen-bond donors (Lipinski definition) is 2. The van der Waals surface area contributed by atoms with Gasteiger partial charge in [-0.25, -0.2) is 4.99 Å². The molecule has 0 saturated carbocycles. The van der Waals surface area contributed by atoms with Crippen molar-refractivity contribution < 1.29 is 22.7 Å². The van der Waals surface area contributed by atoms with Crippen molar-refractivity contribution >= 4 is 52.9 Å². The van der Waals surface area contributed by atoms with Crippen LogP contribution in [0.4, 0.5) is 18.9 Å². The topological polar surface area (TPSA) is 80.0 Å². The van der Waals surface area contributed by atoms with Crippen molar-refractivity contribution in [3.05, 3.63) is 46.2 Å². The monoisotopic (exact) mass is 526 g/mol. The van der Waals surface area contributed by atoms with Crippen LogP contribution in [0.5, 0.6) is 5.75 Å². The molecule has 3 N–H and O–H groups in total. The van der Waals surface area contributed by atoms with Crippen LogP contribution in [0.2, 0.25) is 0 Å². The van der Waals surface area contributed by atoms with Gasteiger partial charge in [0.15, 0.2) is 5.96 Å². The lowest BCUT2D eigenvalue weighted by Crippen LogP contribution is -2.37. The fourth-order valence-electron chi connectivity index (χ4n) is 2.64. The van der Waals surface area contributed by atoms with Crippen LogP contribution in [0, 0.1) is 0 Å². The summed E-state index contributed by atoms with van der Waals surface area (Å²) in [7, 11) is 0. The second kappa shape index (κ2) is 9.45. The van der Waals surface area contributed by atoms with E-state index in [9.17, 15) is 18.0 Å². The number of fused-ring (bicyclic) bond motifs is 1. The summed E-state index contributed by atoms with van der Waals surface area (Å²) in [6.07, 6.45) is -3.91. The molecule has 11 heteroatoms. The van der Waals surface area contributed by atoms with Crippen molar-refractivity contribution in [2.45, 2.75) is 19.3 Å². The largest absolute Gasteiger partial charge is 0.573 e. The number of guanidine groups is 1. The van der Waals surface area contributed by atoms with E-state index in [-0.39, 0.29) is 48.1 Å². The molecule has 2 heterocycles. The molecule has 28 heavy (non-hydrogen) atoms. The third-order valence-corrected chi connectivity index (χ3v) is 4.93. The standard InChI is InChI=1S/C17H17F3N4O2S.HI/c18-17(19,20)26-13-3-1-12(2-4-13)23-16(21)22-9-15(25)24-7-5-14-11(10-24)6-8-27-14;/h1-4,6,8H,5,7,9-10H2,(H3,21,22,23);1H. The van der Waals surface area contributed by atoms with Gasteiger partial charge < -0.3 is 20.7 Å². The van der Waals surface area contributed by atoms with Crippen LogP contribution in [0.25, 0.3) is 0 Å². The lowest BCUT2D eigenvalue weighted by atomic mass is 10.1. The van der Waals surface area contributed by atoms with E-state index in [0.717, 1.165) is 24.1 Å². The van der Waals surface area contributed by atoms with Crippen molar-refractivity contribution in [3.8, 4) is 5.75 Å². The highest BCUT2D eigenvalue weighted by molar-refractivity contribution is 14.0. The lowest BCUT2D eigenvalue weighted by molar-refractivity contribution is -0.274. The molecule has 1 aromatic carbocycles. The maximum absolute atomic E-state index is 12.3. The molecule has 1 aliphatic heterocycles. The van der Waals surface area contributed by atoms with Gasteiger partial charge in [-0.05, 0) is 47.7 Å². The van der Waals surface area contributed by atoms with Crippen LogP contribution in [0.15, 0.2) is 40.7 Å². The number of ether oxygens (including phenoxy) is 1. The quantitative estimate of drug-likeness (QED) is 0.363. The summed E-state index contributed by atoms with van der Waals surface area (Å²) >= 11 is 1.70. The number of carbonyl (C=O) groups excluding carboxylic acids is 1. The Morgan fingerprint density at radius 2 is 2.00 bits per heavy atom. The molecular formula is C17H18F3IN4O2S. The Kier molecular flexibility index (Phi) is 7.52. The van der Waals surface area contributed by atoms with Crippen molar-refractivity contribution in [1.82, 2.24) is 4.90 Å². The number of anilines is 1. The molecule has 0 saturated heterocycles. The summed E-state index contributed by atoms with van der Waals surface area (Å²) in [6, 6.07) is 7.06. The molecule has 0 atom stereocenters. The minimum atomic E-state index is -4.74. The maximum Gasteiger partial charge on any atom is 0.573 e. The molecule has 152 valence electrons. The highest BCUT2D eigenvalue weighted by Crippen LogP contribution is 2.25. The zero-order valence-electron chi connectivity index (χ0n) is 14.5. The first-order valence-corrected chi connectivity index (χ1v) is 8.94. The van der Waals surface area contributed by atoms with E-state index in [2.05, 4.69) is 15.0 Å². The number of nitrogens with one attached hydrogen (secondary N) is 1. The minimum absolute atomic E-state index is 0. The lowest BCUT2D eigenvalue weighted by Gasteiger charge is -2.26. The SMILES string of the molecule is I.NC(=NCC(=O)N1CCc2sccc2C1)Nc1ccc(OC(F)(F)F)cc1. The maximum atomic E-state index is 12.3. The molecular weight excluding hydrogens is 508 g/mol. The fourth-order valence-corrected chi connectivity index (χ4v) is 3.53. The number of thiophene rings is 1. The number of amides is 1. The van der Waals surface area contributed by atoms with Crippen LogP contribution in [-0.4, -0.2) is 36.2 Å². The molecule has 6 nitrogen and oxygen atoms in total. The van der Waals surface area contributed by atoms with Crippen LogP contribution >= 0.6 is 35.3 Å². The number of benzene rings is 1. The van der Waals surface area contributed by atoms with Gasteiger partial charge >= 0.3 is 6.36 Å². The second-order valence-electron chi connectivity index (χ2n) is 5.83. The van der Waals surface area contributed by atoms with E-state index in [4.69, 9.17) is 5.73 Å². The van der Waals surface area contributed by atoms with E-state index in [1.807, 2.05) is 11.4 Å². The molecule has 0 radical (unpaired) electrons. The van der Waals surface area contributed by atoms with Gasteiger partial charge in [-0.1, -0.05) is 0 Å². The molecule has 1 aromatic heterocycles. The number of carbonyl (C=O) groups is 1. The smallest absolute Gasteiger partial charge is 0.406 e. The van der Waals surface area contributed by atoms with Gasteiger partial charge in [0.1, 0.15) is 12.3 Å². The Balaban J connectivity index is 0.00000280. The average molecular weight is 526 g/mol. The van der Waals surface area contributed by atoms with Crippen LogP contribution in [0.1, 0.15) is 10.4 Å². The molecule has 0 aliphatic carbocycles. The number of alkyl halides is 3. The van der Waals surface area contributed by atoms with Gasteiger partial charge in [0, 0.05) is 23.7 Å². The van der Waals surface area contributed by atoms with E-state index in [1.54, 1.807) is 16.2 Å². The van der Waals surface area contributed by atoms with Gasteiger partial charge in [-0.3, -0.25) is 4.79 Å². The van der Waals surface area contributed by atoms with E-state index < -0.39 is 6.36 Å². The first-order valence-electron chi connectivity index (χ1n) is 8.06. The van der Waals surface area contributed by atoms with Gasteiger partial charge in [-0.15, -0.1) is 48.5 Å². The first-order chi connectivity index (χ1) is 12.8. The second-order valence-corrected chi connectivity index (χ2v) is 6.83. The number of nitrogens with zero attached hydrogens (tertiary/aromatic N) is 2. The summed E-state index contributed by atoms with van der Waals surface area (Å²) in [5, 5.41) is 4.74. The van der Waals surface area contributed by atoms with E-state index >= 15 is 0 Å². The van der Waals surface area contributed by atoms with Crippen molar-refractivity contribution in [3.63, 3.8) is 0 Å². The third kappa shape index (κ3) is 6.26. The van der Waals surface area contributed by atoms with Gasteiger partial charge in [-0.2, -0.15) is 0 Å².